The molecule has 0 aliphatic carbocycles. The Labute approximate surface area is 75.0 Å². The van der Waals surface area contributed by atoms with Gasteiger partial charge in [-0.2, -0.15) is 12.6 Å². The molecule has 0 bridgehead atoms. The summed E-state index contributed by atoms with van der Waals surface area (Å²) in [5, 5.41) is 35.3. The van der Waals surface area contributed by atoms with E-state index in [1.54, 1.807) is 0 Å². The molecule has 5 unspecified atom stereocenters. The summed E-state index contributed by atoms with van der Waals surface area (Å²) < 4.78 is 4.69. The molecular weight excluding hydrogens is 184 g/mol. The van der Waals surface area contributed by atoms with Gasteiger partial charge < -0.3 is 25.2 Å². The molecule has 0 aromatic carbocycles. The summed E-state index contributed by atoms with van der Waals surface area (Å²) in [4.78, 5) is 0. The molecule has 1 aliphatic heterocycles. The van der Waals surface area contributed by atoms with E-state index >= 15 is 0 Å². The zero-order chi connectivity index (χ0) is 9.30. The Morgan fingerprint density at radius 2 is 1.75 bits per heavy atom. The first kappa shape index (κ1) is 10.2. The number of hydrogen-bond donors (Lipinski definition) is 5. The minimum absolute atomic E-state index is 0.415. The molecule has 0 radical (unpaired) electrons. The van der Waals surface area contributed by atoms with E-state index < -0.39 is 36.5 Å². The maximum atomic E-state index is 9.29. The molecule has 5 atom stereocenters. The lowest BCUT2D eigenvalue weighted by Crippen LogP contribution is -2.56. The number of ether oxygens (including phenoxy) is 1. The van der Waals surface area contributed by atoms with Gasteiger partial charge in [0.25, 0.3) is 0 Å². The largest absolute Gasteiger partial charge is 0.394 e. The van der Waals surface area contributed by atoms with Crippen LogP contribution in [0, 0.1) is 0 Å². The van der Waals surface area contributed by atoms with Crippen molar-refractivity contribution in [2.75, 3.05) is 6.61 Å². The lowest BCUT2D eigenvalue weighted by atomic mass is 10.0. The third-order valence-corrected chi connectivity index (χ3v) is 2.48. The molecule has 6 heteroatoms. The van der Waals surface area contributed by atoms with Crippen molar-refractivity contribution in [3.63, 3.8) is 0 Å². The normalized spacial score (nSPS) is 49.2. The summed E-state index contributed by atoms with van der Waals surface area (Å²) in [6.45, 7) is -0.415. The van der Waals surface area contributed by atoms with Gasteiger partial charge >= 0.3 is 0 Å². The maximum absolute atomic E-state index is 9.29. The molecular formula is C6H12O5S. The van der Waals surface area contributed by atoms with Crippen LogP contribution in [-0.4, -0.2) is 56.9 Å². The summed E-state index contributed by atoms with van der Waals surface area (Å²) in [5.41, 5.74) is 0. The van der Waals surface area contributed by atoms with Gasteiger partial charge in [0.15, 0.2) is 6.29 Å². The quantitative estimate of drug-likeness (QED) is 0.305. The molecule has 5 nitrogen and oxygen atoms in total. The first-order valence-corrected chi connectivity index (χ1v) is 4.08. The average molecular weight is 196 g/mol. The molecule has 72 valence electrons. The van der Waals surface area contributed by atoms with Gasteiger partial charge in [-0.3, -0.25) is 0 Å². The van der Waals surface area contributed by atoms with Crippen molar-refractivity contribution in [3.05, 3.63) is 0 Å². The molecule has 0 amide bonds. The zero-order valence-corrected chi connectivity index (χ0v) is 7.13. The second kappa shape index (κ2) is 3.91. The van der Waals surface area contributed by atoms with E-state index in [9.17, 15) is 5.11 Å². The lowest BCUT2D eigenvalue weighted by Gasteiger charge is -2.37. The molecule has 1 fully saturated rings. The fraction of sp³-hybridized carbons (Fsp3) is 1.00. The average Bonchev–Trinajstić information content (AvgIpc) is 2.08. The van der Waals surface area contributed by atoms with Crippen molar-refractivity contribution >= 4 is 12.6 Å². The Balaban J connectivity index is 2.63. The van der Waals surface area contributed by atoms with Crippen molar-refractivity contribution in [1.29, 1.82) is 0 Å². The third-order valence-electron chi connectivity index (χ3n) is 1.87. The van der Waals surface area contributed by atoms with Crippen LogP contribution in [0.5, 0.6) is 0 Å². The lowest BCUT2D eigenvalue weighted by molar-refractivity contribution is -0.247. The first-order chi connectivity index (χ1) is 5.57. The van der Waals surface area contributed by atoms with Crippen molar-refractivity contribution < 1.29 is 25.2 Å². The molecule has 4 N–H and O–H groups in total. The van der Waals surface area contributed by atoms with E-state index in [0.717, 1.165) is 0 Å². The summed E-state index contributed by atoms with van der Waals surface area (Å²) in [7, 11) is 0. The van der Waals surface area contributed by atoms with Crippen LogP contribution in [0.2, 0.25) is 0 Å². The highest BCUT2D eigenvalue weighted by Crippen LogP contribution is 2.23. The van der Waals surface area contributed by atoms with Crippen LogP contribution >= 0.6 is 12.6 Å². The van der Waals surface area contributed by atoms with Gasteiger partial charge in [-0.1, -0.05) is 0 Å². The molecule has 1 rings (SSSR count). The number of hydrogen-bond acceptors (Lipinski definition) is 6. The van der Waals surface area contributed by atoms with E-state index in [2.05, 4.69) is 17.4 Å². The molecule has 0 aromatic rings. The number of rotatable bonds is 1. The topological polar surface area (TPSA) is 90.2 Å². The Morgan fingerprint density at radius 3 is 2.25 bits per heavy atom. The van der Waals surface area contributed by atoms with Gasteiger partial charge in [0.1, 0.15) is 12.2 Å². The van der Waals surface area contributed by atoms with Crippen molar-refractivity contribution in [1.82, 2.24) is 0 Å². The highest BCUT2D eigenvalue weighted by Gasteiger charge is 2.41. The molecule has 12 heavy (non-hydrogen) atoms. The van der Waals surface area contributed by atoms with Crippen LogP contribution in [0.4, 0.5) is 0 Å². The van der Waals surface area contributed by atoms with Crippen molar-refractivity contribution in [2.45, 2.75) is 29.9 Å². The summed E-state index contributed by atoms with van der Waals surface area (Å²) in [6.07, 6.45) is -4.58. The van der Waals surface area contributed by atoms with Gasteiger partial charge in [0, 0.05) is 0 Å². The van der Waals surface area contributed by atoms with Crippen LogP contribution in [0.15, 0.2) is 0 Å². The maximum Gasteiger partial charge on any atom is 0.182 e. The Kier molecular flexibility index (Phi) is 3.33. The van der Waals surface area contributed by atoms with Crippen molar-refractivity contribution in [3.8, 4) is 0 Å². The van der Waals surface area contributed by atoms with Crippen molar-refractivity contribution in [2.24, 2.45) is 0 Å². The highest BCUT2D eigenvalue weighted by molar-refractivity contribution is 7.81. The fourth-order valence-electron chi connectivity index (χ4n) is 1.08. The minimum Gasteiger partial charge on any atom is -0.394 e. The first-order valence-electron chi connectivity index (χ1n) is 3.56. The van der Waals surface area contributed by atoms with Gasteiger partial charge in [0.2, 0.25) is 0 Å². The predicted octanol–water partition coefficient (Wildman–Crippen LogP) is -2.28. The molecule has 1 saturated heterocycles. The number of aliphatic hydroxyl groups is 4. The van der Waals surface area contributed by atoms with E-state index in [0.29, 0.717) is 0 Å². The molecule has 0 saturated carbocycles. The molecule has 0 spiro atoms. The predicted molar refractivity (Wildman–Crippen MR) is 42.8 cm³/mol. The molecule has 0 aromatic heterocycles. The zero-order valence-electron chi connectivity index (χ0n) is 6.24. The summed E-state index contributed by atoms with van der Waals surface area (Å²) in [5.74, 6) is 0. The Hall–Kier alpha value is 0.150. The minimum atomic E-state index is -1.40. The molecule has 1 heterocycles. The number of thiol groups is 1. The third kappa shape index (κ3) is 1.73. The van der Waals surface area contributed by atoms with Gasteiger partial charge in [0.05, 0.1) is 18.0 Å². The highest BCUT2D eigenvalue weighted by atomic mass is 32.1. The van der Waals surface area contributed by atoms with Crippen LogP contribution < -0.4 is 0 Å². The van der Waals surface area contributed by atoms with E-state index in [1.807, 2.05) is 0 Å². The fourth-order valence-corrected chi connectivity index (χ4v) is 1.42. The Bertz CT molecular complexity index is 150. The summed E-state index contributed by atoms with van der Waals surface area (Å²) >= 11 is 3.87. The Morgan fingerprint density at radius 1 is 1.17 bits per heavy atom. The standard InChI is InChI=1S/C6H12O5S/c7-1-2-3(8)5(12)4(9)6(10)11-2/h2-10,12H,1H2. The summed E-state index contributed by atoms with van der Waals surface area (Å²) in [6, 6.07) is 0. The smallest absolute Gasteiger partial charge is 0.182 e. The number of aliphatic hydroxyl groups excluding tert-OH is 4. The van der Waals surface area contributed by atoms with Crippen LogP contribution in [0.25, 0.3) is 0 Å². The van der Waals surface area contributed by atoms with E-state index in [-0.39, 0.29) is 0 Å². The van der Waals surface area contributed by atoms with E-state index in [1.165, 1.54) is 0 Å². The van der Waals surface area contributed by atoms with Crippen LogP contribution in [-0.2, 0) is 4.74 Å². The van der Waals surface area contributed by atoms with Gasteiger partial charge in [-0.05, 0) is 0 Å². The second-order valence-corrected chi connectivity index (χ2v) is 3.32. The second-order valence-electron chi connectivity index (χ2n) is 2.72. The molecule has 1 aliphatic rings. The van der Waals surface area contributed by atoms with Gasteiger partial charge in [-0.25, -0.2) is 0 Å². The van der Waals surface area contributed by atoms with Crippen LogP contribution in [0.1, 0.15) is 0 Å². The monoisotopic (exact) mass is 196 g/mol. The SMILES string of the molecule is OCC1OC(O)C(O)C(S)C1O. The van der Waals surface area contributed by atoms with E-state index in [4.69, 9.17) is 15.3 Å². The van der Waals surface area contributed by atoms with Gasteiger partial charge in [-0.15, -0.1) is 0 Å². The van der Waals surface area contributed by atoms with Crippen LogP contribution in [0.3, 0.4) is 0 Å².